The summed E-state index contributed by atoms with van der Waals surface area (Å²) in [4.78, 5) is 0. The van der Waals surface area contributed by atoms with Crippen molar-refractivity contribution in [3.8, 4) is 11.4 Å². The Bertz CT molecular complexity index is 638. The molecule has 0 aliphatic carbocycles. The molecule has 0 bridgehead atoms. The summed E-state index contributed by atoms with van der Waals surface area (Å²) in [6.45, 7) is 2.63. The summed E-state index contributed by atoms with van der Waals surface area (Å²) in [7, 11) is 0. The van der Waals surface area contributed by atoms with Crippen LogP contribution < -0.4 is 0 Å². The van der Waals surface area contributed by atoms with Crippen molar-refractivity contribution in [2.45, 2.75) is 31.4 Å². The number of benzene rings is 1. The normalized spacial score (nSPS) is 11.9. The third-order valence-corrected chi connectivity index (χ3v) is 4.12. The van der Waals surface area contributed by atoms with Gasteiger partial charge in [-0.2, -0.15) is 13.2 Å². The molecule has 114 valence electrons. The van der Waals surface area contributed by atoms with Crippen molar-refractivity contribution in [2.75, 3.05) is 0 Å². The van der Waals surface area contributed by atoms with E-state index >= 15 is 0 Å². The van der Waals surface area contributed by atoms with Gasteiger partial charge in [0.2, 0.25) is 0 Å². The van der Waals surface area contributed by atoms with Crippen molar-refractivity contribution in [3.63, 3.8) is 0 Å². The summed E-state index contributed by atoms with van der Waals surface area (Å²) in [6, 6.07) is 3.52. The number of nitrogens with zero attached hydrogens (tertiary/aromatic N) is 3. The smallest absolute Gasteiger partial charge is 0.310 e. The molecule has 0 radical (unpaired) electrons. The molecule has 8 heteroatoms. The van der Waals surface area contributed by atoms with Crippen LogP contribution in [0, 0.1) is 0 Å². The lowest BCUT2D eigenvalue weighted by Crippen LogP contribution is -2.07. The lowest BCUT2D eigenvalue weighted by atomic mass is 10.1. The van der Waals surface area contributed by atoms with E-state index < -0.39 is 11.7 Å². The zero-order chi connectivity index (χ0) is 15.6. The van der Waals surface area contributed by atoms with E-state index in [0.29, 0.717) is 33.6 Å². The van der Waals surface area contributed by atoms with Gasteiger partial charge in [0, 0.05) is 16.6 Å². The predicted molar refractivity (Wildman–Crippen MR) is 81.1 cm³/mol. The SMILES string of the molecule is CCCn1c(CBr)nnc1-c1cc(C(F)(F)F)ccc1Br. The molecule has 0 atom stereocenters. The van der Waals surface area contributed by atoms with Crippen molar-refractivity contribution in [2.24, 2.45) is 0 Å². The van der Waals surface area contributed by atoms with Gasteiger partial charge in [-0.3, -0.25) is 0 Å². The Hall–Kier alpha value is -0.890. The van der Waals surface area contributed by atoms with Crippen molar-refractivity contribution in [1.29, 1.82) is 0 Å². The predicted octanol–water partition coefficient (Wildman–Crippen LogP) is 5.03. The van der Waals surface area contributed by atoms with E-state index in [0.717, 1.165) is 18.6 Å². The Morgan fingerprint density at radius 3 is 2.52 bits per heavy atom. The summed E-state index contributed by atoms with van der Waals surface area (Å²) in [5.74, 6) is 1.13. The molecule has 0 spiro atoms. The second kappa shape index (κ2) is 6.48. The molecule has 1 aromatic carbocycles. The maximum atomic E-state index is 12.9. The molecule has 0 saturated heterocycles. The fraction of sp³-hybridized carbons (Fsp3) is 0.385. The molecular formula is C13H12Br2F3N3. The third kappa shape index (κ3) is 3.48. The van der Waals surface area contributed by atoms with Crippen LogP contribution in [0.3, 0.4) is 0 Å². The van der Waals surface area contributed by atoms with Crippen LogP contribution in [0.25, 0.3) is 11.4 Å². The minimum atomic E-state index is -4.39. The van der Waals surface area contributed by atoms with E-state index in [4.69, 9.17) is 0 Å². The van der Waals surface area contributed by atoms with Crippen LogP contribution in [0.4, 0.5) is 13.2 Å². The van der Waals surface area contributed by atoms with E-state index in [1.165, 1.54) is 6.07 Å². The Kier molecular flexibility index (Phi) is 5.08. The van der Waals surface area contributed by atoms with E-state index in [-0.39, 0.29) is 0 Å². The molecule has 0 aliphatic rings. The topological polar surface area (TPSA) is 30.7 Å². The van der Waals surface area contributed by atoms with Crippen LogP contribution in [-0.2, 0) is 18.1 Å². The van der Waals surface area contributed by atoms with Crippen LogP contribution in [0.15, 0.2) is 22.7 Å². The fourth-order valence-electron chi connectivity index (χ4n) is 1.96. The Labute approximate surface area is 136 Å². The molecule has 0 aliphatic heterocycles. The highest BCUT2D eigenvalue weighted by Crippen LogP contribution is 2.35. The quantitative estimate of drug-likeness (QED) is 0.642. The van der Waals surface area contributed by atoms with Crippen molar-refractivity contribution < 1.29 is 13.2 Å². The number of alkyl halides is 4. The summed E-state index contributed by atoms with van der Waals surface area (Å²) < 4.78 is 41.0. The lowest BCUT2D eigenvalue weighted by Gasteiger charge is -2.12. The second-order valence-electron chi connectivity index (χ2n) is 4.42. The number of hydrogen-bond acceptors (Lipinski definition) is 2. The molecule has 1 heterocycles. The van der Waals surface area contributed by atoms with Gasteiger partial charge in [-0.1, -0.05) is 38.8 Å². The van der Waals surface area contributed by atoms with Crippen LogP contribution in [-0.4, -0.2) is 14.8 Å². The van der Waals surface area contributed by atoms with Gasteiger partial charge in [-0.05, 0) is 24.6 Å². The molecule has 3 nitrogen and oxygen atoms in total. The van der Waals surface area contributed by atoms with Crippen LogP contribution in [0.2, 0.25) is 0 Å². The van der Waals surface area contributed by atoms with Crippen molar-refractivity contribution >= 4 is 31.9 Å². The highest BCUT2D eigenvalue weighted by molar-refractivity contribution is 9.10. The van der Waals surface area contributed by atoms with Gasteiger partial charge in [0.25, 0.3) is 0 Å². The Morgan fingerprint density at radius 2 is 1.95 bits per heavy atom. The van der Waals surface area contributed by atoms with Crippen LogP contribution in [0.5, 0.6) is 0 Å². The van der Waals surface area contributed by atoms with E-state index in [1.807, 2.05) is 11.5 Å². The summed E-state index contributed by atoms with van der Waals surface area (Å²) in [6.07, 6.45) is -3.55. The lowest BCUT2D eigenvalue weighted by molar-refractivity contribution is -0.137. The summed E-state index contributed by atoms with van der Waals surface area (Å²) in [5.41, 5.74) is -0.315. The zero-order valence-corrected chi connectivity index (χ0v) is 14.3. The Balaban J connectivity index is 2.58. The largest absolute Gasteiger partial charge is 0.416 e. The van der Waals surface area contributed by atoms with Crippen molar-refractivity contribution in [1.82, 2.24) is 14.8 Å². The fourth-order valence-corrected chi connectivity index (χ4v) is 2.80. The Morgan fingerprint density at radius 1 is 1.24 bits per heavy atom. The van der Waals surface area contributed by atoms with E-state index in [2.05, 4.69) is 42.1 Å². The van der Waals surface area contributed by atoms with Crippen LogP contribution >= 0.6 is 31.9 Å². The maximum absolute atomic E-state index is 12.9. The van der Waals surface area contributed by atoms with Gasteiger partial charge in [-0.15, -0.1) is 10.2 Å². The molecular weight excluding hydrogens is 415 g/mol. The second-order valence-corrected chi connectivity index (χ2v) is 5.83. The number of halogens is 5. The van der Waals surface area contributed by atoms with Gasteiger partial charge in [0.1, 0.15) is 5.82 Å². The van der Waals surface area contributed by atoms with Gasteiger partial charge in [0.05, 0.1) is 10.9 Å². The van der Waals surface area contributed by atoms with Crippen LogP contribution in [0.1, 0.15) is 24.7 Å². The molecule has 1 aromatic heterocycles. The first-order valence-electron chi connectivity index (χ1n) is 6.23. The standard InChI is InChI=1S/C13H12Br2F3N3/c1-2-5-21-11(7-14)19-20-12(21)9-6-8(13(16,17)18)3-4-10(9)15/h3-4,6H,2,5,7H2,1H3. The molecule has 0 N–H and O–H groups in total. The molecule has 0 fully saturated rings. The first-order chi connectivity index (χ1) is 9.88. The molecule has 21 heavy (non-hydrogen) atoms. The third-order valence-electron chi connectivity index (χ3n) is 2.93. The molecule has 0 unspecified atom stereocenters. The first-order valence-corrected chi connectivity index (χ1v) is 8.15. The molecule has 2 rings (SSSR count). The number of aromatic nitrogens is 3. The van der Waals surface area contributed by atoms with E-state index in [9.17, 15) is 13.2 Å². The highest BCUT2D eigenvalue weighted by Gasteiger charge is 2.31. The van der Waals surface area contributed by atoms with Gasteiger partial charge in [-0.25, -0.2) is 0 Å². The molecule has 2 aromatic rings. The number of rotatable bonds is 4. The average molecular weight is 427 g/mol. The monoisotopic (exact) mass is 425 g/mol. The highest BCUT2D eigenvalue weighted by atomic mass is 79.9. The molecule has 0 amide bonds. The summed E-state index contributed by atoms with van der Waals surface area (Å²) >= 11 is 6.60. The number of hydrogen-bond donors (Lipinski definition) is 0. The zero-order valence-electron chi connectivity index (χ0n) is 11.1. The average Bonchev–Trinajstić information content (AvgIpc) is 2.81. The first kappa shape index (κ1) is 16.5. The minimum Gasteiger partial charge on any atom is -0.310 e. The molecule has 0 saturated carbocycles. The van der Waals surface area contributed by atoms with E-state index in [1.54, 1.807) is 0 Å². The minimum absolute atomic E-state index is 0.387. The van der Waals surface area contributed by atoms with Gasteiger partial charge >= 0.3 is 6.18 Å². The maximum Gasteiger partial charge on any atom is 0.416 e. The van der Waals surface area contributed by atoms with Crippen molar-refractivity contribution in [3.05, 3.63) is 34.1 Å². The van der Waals surface area contributed by atoms with Gasteiger partial charge in [0.15, 0.2) is 5.82 Å². The van der Waals surface area contributed by atoms with Gasteiger partial charge < -0.3 is 4.57 Å². The summed E-state index contributed by atoms with van der Waals surface area (Å²) in [5, 5.41) is 8.57.